The zero-order chi connectivity index (χ0) is 20.3. The van der Waals surface area contributed by atoms with E-state index in [1.54, 1.807) is 25.3 Å². The predicted molar refractivity (Wildman–Crippen MR) is 109 cm³/mol. The van der Waals surface area contributed by atoms with E-state index in [-0.39, 0.29) is 24.0 Å². The van der Waals surface area contributed by atoms with E-state index in [9.17, 15) is 9.59 Å². The Morgan fingerprint density at radius 3 is 2.36 bits per heavy atom. The van der Waals surface area contributed by atoms with Crippen LogP contribution in [0.4, 0.5) is 5.69 Å². The van der Waals surface area contributed by atoms with Gasteiger partial charge in [-0.05, 0) is 50.6 Å². The van der Waals surface area contributed by atoms with E-state index >= 15 is 0 Å². The summed E-state index contributed by atoms with van der Waals surface area (Å²) in [6.45, 7) is 5.65. The first-order valence-corrected chi connectivity index (χ1v) is 9.03. The lowest BCUT2D eigenvalue weighted by atomic mass is 10.1. The molecule has 1 heterocycles. The molecule has 3 aromatic rings. The number of anilines is 1. The third kappa shape index (κ3) is 4.52. The van der Waals surface area contributed by atoms with Crippen molar-refractivity contribution in [1.29, 1.82) is 0 Å². The van der Waals surface area contributed by atoms with Crippen LogP contribution in [0, 0.1) is 0 Å². The van der Waals surface area contributed by atoms with Crippen LogP contribution in [0.25, 0.3) is 11.0 Å². The van der Waals surface area contributed by atoms with E-state index in [1.807, 2.05) is 51.1 Å². The highest BCUT2D eigenvalue weighted by atomic mass is 16.5. The fraction of sp³-hybridized carbons (Fsp3) is 0.273. The average Bonchev–Trinajstić information content (AvgIpc) is 3.00. The van der Waals surface area contributed by atoms with Crippen molar-refractivity contribution in [1.82, 2.24) is 5.32 Å². The Kier molecular flexibility index (Phi) is 5.40. The number of carbonyl (C=O) groups is 2. The second-order valence-electron chi connectivity index (χ2n) is 7.58. The van der Waals surface area contributed by atoms with Gasteiger partial charge < -0.3 is 19.8 Å². The van der Waals surface area contributed by atoms with Gasteiger partial charge in [-0.15, -0.1) is 0 Å². The molecule has 0 spiro atoms. The van der Waals surface area contributed by atoms with Gasteiger partial charge in [0.15, 0.2) is 0 Å². The van der Waals surface area contributed by atoms with Gasteiger partial charge in [0.05, 0.1) is 13.5 Å². The Morgan fingerprint density at radius 1 is 1.04 bits per heavy atom. The number of methoxy groups -OCH3 is 1. The number of rotatable bonds is 5. The van der Waals surface area contributed by atoms with E-state index < -0.39 is 5.54 Å². The minimum Gasteiger partial charge on any atom is -0.497 e. The highest BCUT2D eigenvalue weighted by molar-refractivity contribution is 6.11. The molecular formula is C22H24N2O4. The Balaban J connectivity index is 1.86. The molecule has 1 aromatic heterocycles. The number of para-hydroxylation sites is 1. The van der Waals surface area contributed by atoms with Crippen molar-refractivity contribution in [2.24, 2.45) is 0 Å². The molecule has 0 fully saturated rings. The van der Waals surface area contributed by atoms with Gasteiger partial charge in [0, 0.05) is 10.9 Å². The Bertz CT molecular complexity index is 998. The van der Waals surface area contributed by atoms with Gasteiger partial charge in [-0.25, -0.2) is 0 Å². The lowest BCUT2D eigenvalue weighted by molar-refractivity contribution is -0.115. The van der Waals surface area contributed by atoms with E-state index in [2.05, 4.69) is 10.6 Å². The summed E-state index contributed by atoms with van der Waals surface area (Å²) >= 11 is 0. The Hall–Kier alpha value is -3.28. The van der Waals surface area contributed by atoms with Crippen LogP contribution in [-0.2, 0) is 11.2 Å². The average molecular weight is 380 g/mol. The molecule has 0 saturated heterocycles. The molecule has 2 aromatic carbocycles. The van der Waals surface area contributed by atoms with E-state index in [0.717, 1.165) is 11.3 Å². The van der Waals surface area contributed by atoms with Crippen LogP contribution >= 0.6 is 0 Å². The minimum atomic E-state index is -0.430. The quantitative estimate of drug-likeness (QED) is 0.697. The molecule has 0 aliphatic carbocycles. The molecule has 0 unspecified atom stereocenters. The van der Waals surface area contributed by atoms with Gasteiger partial charge >= 0.3 is 0 Å². The summed E-state index contributed by atoms with van der Waals surface area (Å²) in [6.07, 6.45) is 0.170. The molecule has 0 saturated carbocycles. The van der Waals surface area contributed by atoms with Crippen LogP contribution < -0.4 is 15.4 Å². The van der Waals surface area contributed by atoms with Crippen LogP contribution in [0.15, 0.2) is 52.9 Å². The molecule has 0 atom stereocenters. The number of amides is 2. The number of benzene rings is 2. The summed E-state index contributed by atoms with van der Waals surface area (Å²) in [5.41, 5.74) is 1.34. The van der Waals surface area contributed by atoms with Crippen LogP contribution in [0.5, 0.6) is 5.75 Å². The van der Waals surface area contributed by atoms with Crippen molar-refractivity contribution >= 4 is 28.5 Å². The standard InChI is InChI=1S/C22H24N2O4/c1-22(2,3)24-21(26)20-19(16-7-5-6-8-17(16)28-20)23-18(25)13-14-9-11-15(27-4)12-10-14/h5-12H,13H2,1-4H3,(H,23,25)(H,24,26). The zero-order valence-electron chi connectivity index (χ0n) is 16.5. The third-order valence-corrected chi connectivity index (χ3v) is 4.08. The monoisotopic (exact) mass is 380 g/mol. The summed E-state index contributed by atoms with van der Waals surface area (Å²) in [6, 6.07) is 14.5. The molecular weight excluding hydrogens is 356 g/mol. The summed E-state index contributed by atoms with van der Waals surface area (Å²) in [4.78, 5) is 25.3. The molecule has 28 heavy (non-hydrogen) atoms. The summed E-state index contributed by atoms with van der Waals surface area (Å²) in [7, 11) is 1.59. The highest BCUT2D eigenvalue weighted by Crippen LogP contribution is 2.31. The predicted octanol–water partition coefficient (Wildman–Crippen LogP) is 4.15. The second-order valence-corrected chi connectivity index (χ2v) is 7.58. The molecule has 146 valence electrons. The first-order chi connectivity index (χ1) is 13.3. The first-order valence-electron chi connectivity index (χ1n) is 9.03. The van der Waals surface area contributed by atoms with Crippen LogP contribution in [0.2, 0.25) is 0 Å². The molecule has 0 aliphatic heterocycles. The summed E-state index contributed by atoms with van der Waals surface area (Å²) in [5, 5.41) is 6.41. The molecule has 3 rings (SSSR count). The third-order valence-electron chi connectivity index (χ3n) is 4.08. The molecule has 6 heteroatoms. The van der Waals surface area contributed by atoms with Crippen LogP contribution in [0.3, 0.4) is 0 Å². The highest BCUT2D eigenvalue weighted by Gasteiger charge is 2.25. The van der Waals surface area contributed by atoms with Crippen molar-refractivity contribution in [2.75, 3.05) is 12.4 Å². The van der Waals surface area contributed by atoms with Crippen LogP contribution in [-0.4, -0.2) is 24.5 Å². The van der Waals surface area contributed by atoms with E-state index in [4.69, 9.17) is 9.15 Å². The topological polar surface area (TPSA) is 80.6 Å². The van der Waals surface area contributed by atoms with Gasteiger partial charge in [0.1, 0.15) is 17.0 Å². The van der Waals surface area contributed by atoms with Crippen molar-refractivity contribution in [3.05, 3.63) is 59.9 Å². The molecule has 0 radical (unpaired) electrons. The molecule has 0 bridgehead atoms. The SMILES string of the molecule is COc1ccc(CC(=O)Nc2c(C(=O)NC(C)(C)C)oc3ccccc23)cc1. The second kappa shape index (κ2) is 7.76. The van der Waals surface area contributed by atoms with Gasteiger partial charge in [0.25, 0.3) is 5.91 Å². The lowest BCUT2D eigenvalue weighted by Gasteiger charge is -2.20. The number of ether oxygens (including phenoxy) is 1. The normalized spacial score (nSPS) is 11.3. The number of fused-ring (bicyclic) bond motifs is 1. The van der Waals surface area contributed by atoms with Crippen molar-refractivity contribution < 1.29 is 18.7 Å². The van der Waals surface area contributed by atoms with Crippen LogP contribution in [0.1, 0.15) is 36.9 Å². The van der Waals surface area contributed by atoms with Gasteiger partial charge in [-0.1, -0.05) is 24.3 Å². The van der Waals surface area contributed by atoms with Gasteiger partial charge in [-0.3, -0.25) is 9.59 Å². The number of hydrogen-bond donors (Lipinski definition) is 2. The lowest BCUT2D eigenvalue weighted by Crippen LogP contribution is -2.40. The van der Waals surface area contributed by atoms with Crippen molar-refractivity contribution in [3.63, 3.8) is 0 Å². The molecule has 2 amide bonds. The number of carbonyl (C=O) groups excluding carboxylic acids is 2. The Morgan fingerprint density at radius 2 is 1.71 bits per heavy atom. The maximum absolute atomic E-state index is 12.7. The summed E-state index contributed by atoms with van der Waals surface area (Å²) < 4.78 is 10.9. The summed E-state index contributed by atoms with van der Waals surface area (Å²) in [5.74, 6) is 0.218. The maximum atomic E-state index is 12.7. The molecule has 2 N–H and O–H groups in total. The number of hydrogen-bond acceptors (Lipinski definition) is 4. The van der Waals surface area contributed by atoms with E-state index in [1.165, 1.54) is 0 Å². The van der Waals surface area contributed by atoms with Crippen molar-refractivity contribution in [3.8, 4) is 5.75 Å². The molecule has 0 aliphatic rings. The Labute approximate surface area is 163 Å². The number of furan rings is 1. The maximum Gasteiger partial charge on any atom is 0.289 e. The largest absolute Gasteiger partial charge is 0.497 e. The fourth-order valence-corrected chi connectivity index (χ4v) is 2.84. The first kappa shape index (κ1) is 19.5. The van der Waals surface area contributed by atoms with Gasteiger partial charge in [-0.2, -0.15) is 0 Å². The fourth-order valence-electron chi connectivity index (χ4n) is 2.84. The zero-order valence-corrected chi connectivity index (χ0v) is 16.5. The minimum absolute atomic E-state index is 0.0965. The van der Waals surface area contributed by atoms with Crippen molar-refractivity contribution in [2.45, 2.75) is 32.7 Å². The molecule has 6 nitrogen and oxygen atoms in total. The van der Waals surface area contributed by atoms with E-state index in [0.29, 0.717) is 16.7 Å². The number of nitrogens with one attached hydrogen (secondary N) is 2. The smallest absolute Gasteiger partial charge is 0.289 e. The van der Waals surface area contributed by atoms with Gasteiger partial charge in [0.2, 0.25) is 11.7 Å².